The quantitative estimate of drug-likeness (QED) is 0.155. The highest BCUT2D eigenvalue weighted by Gasteiger charge is 2.36. The van der Waals surface area contributed by atoms with Crippen LogP contribution in [-0.2, 0) is 10.8 Å². The molecule has 2 aliphatic rings. The Kier molecular flexibility index (Phi) is 8.94. The molecule has 1 nitrogen and oxygen atoms in total. The van der Waals surface area contributed by atoms with Gasteiger partial charge in [0, 0.05) is 27.9 Å². The average Bonchev–Trinajstić information content (AvgIpc) is 3.73. The van der Waals surface area contributed by atoms with Gasteiger partial charge in [0.1, 0.15) is 0 Å². The molecular formula is C64H49N. The number of nitrogens with zero attached hydrogens (tertiary/aromatic N) is 1. The third-order valence-electron chi connectivity index (χ3n) is 14.5. The molecule has 0 heterocycles. The van der Waals surface area contributed by atoms with Gasteiger partial charge in [-0.05, 0) is 154 Å². The van der Waals surface area contributed by atoms with Crippen molar-refractivity contribution in [3.05, 3.63) is 247 Å². The van der Waals surface area contributed by atoms with Gasteiger partial charge < -0.3 is 4.90 Å². The highest BCUT2D eigenvalue weighted by atomic mass is 15.1. The molecule has 12 rings (SSSR count). The molecule has 0 saturated heterocycles. The highest BCUT2D eigenvalue weighted by Crippen LogP contribution is 2.51. The molecule has 0 amide bonds. The van der Waals surface area contributed by atoms with Crippen molar-refractivity contribution in [2.24, 2.45) is 0 Å². The first kappa shape index (κ1) is 38.9. The van der Waals surface area contributed by atoms with Crippen LogP contribution in [0.15, 0.2) is 224 Å². The van der Waals surface area contributed by atoms with E-state index in [9.17, 15) is 0 Å². The third kappa shape index (κ3) is 6.37. The zero-order valence-corrected chi connectivity index (χ0v) is 37.3. The van der Waals surface area contributed by atoms with Gasteiger partial charge in [-0.25, -0.2) is 0 Å². The molecule has 0 unspecified atom stereocenters. The topological polar surface area (TPSA) is 3.24 Å². The molecule has 0 radical (unpaired) electrons. The maximum absolute atomic E-state index is 2.41. The summed E-state index contributed by atoms with van der Waals surface area (Å²) >= 11 is 0. The summed E-state index contributed by atoms with van der Waals surface area (Å²) in [5, 5.41) is 2.52. The van der Waals surface area contributed by atoms with E-state index in [1.165, 1.54) is 99.8 Å². The van der Waals surface area contributed by atoms with Crippen molar-refractivity contribution in [3.8, 4) is 66.8 Å². The fourth-order valence-corrected chi connectivity index (χ4v) is 11.0. The molecule has 0 aliphatic heterocycles. The first-order valence-corrected chi connectivity index (χ1v) is 22.9. The van der Waals surface area contributed by atoms with Crippen molar-refractivity contribution in [1.29, 1.82) is 0 Å². The second-order valence-corrected chi connectivity index (χ2v) is 18.9. The Morgan fingerprint density at radius 1 is 0.262 bits per heavy atom. The summed E-state index contributed by atoms with van der Waals surface area (Å²) in [4.78, 5) is 2.38. The standard InChI is InChI=1S/C64H49N/c1-63(2)59-21-9-7-18-55(59)57-37-29-47(40-61(57)63)43-25-33-51(34-26-43)65(52-35-27-44(28-36-52)48-30-38-58-56-19-8-10-22-60(56)64(3,4)62(58)41-48)50-31-23-42(24-32-50)46-15-11-16-49(39-46)54-20-12-14-45-13-5-6-17-53(45)54/h5-41H,1-4H3. The summed E-state index contributed by atoms with van der Waals surface area (Å²) in [5.41, 5.74) is 24.0. The van der Waals surface area contributed by atoms with Crippen molar-refractivity contribution in [3.63, 3.8) is 0 Å². The summed E-state index contributed by atoms with van der Waals surface area (Å²) in [5.74, 6) is 0. The van der Waals surface area contributed by atoms with E-state index in [-0.39, 0.29) is 10.8 Å². The largest absolute Gasteiger partial charge is 0.311 e. The lowest BCUT2D eigenvalue weighted by atomic mass is 9.81. The van der Waals surface area contributed by atoms with Crippen LogP contribution in [0.2, 0.25) is 0 Å². The van der Waals surface area contributed by atoms with Gasteiger partial charge in [0.15, 0.2) is 0 Å². The first-order chi connectivity index (χ1) is 31.7. The lowest BCUT2D eigenvalue weighted by Gasteiger charge is -2.26. The van der Waals surface area contributed by atoms with Crippen molar-refractivity contribution in [2.45, 2.75) is 38.5 Å². The summed E-state index contributed by atoms with van der Waals surface area (Å²) in [6.45, 7) is 9.41. The molecule has 0 bridgehead atoms. The molecule has 0 spiro atoms. The van der Waals surface area contributed by atoms with Crippen LogP contribution in [0.3, 0.4) is 0 Å². The minimum Gasteiger partial charge on any atom is -0.311 e. The lowest BCUT2D eigenvalue weighted by Crippen LogP contribution is -2.14. The zero-order valence-electron chi connectivity index (χ0n) is 37.3. The minimum atomic E-state index is -0.0464. The van der Waals surface area contributed by atoms with Gasteiger partial charge in [-0.3, -0.25) is 0 Å². The van der Waals surface area contributed by atoms with E-state index < -0.39 is 0 Å². The van der Waals surface area contributed by atoms with Crippen LogP contribution >= 0.6 is 0 Å². The van der Waals surface area contributed by atoms with Crippen LogP contribution in [0, 0.1) is 0 Å². The van der Waals surface area contributed by atoms with Gasteiger partial charge in [-0.2, -0.15) is 0 Å². The fourth-order valence-electron chi connectivity index (χ4n) is 11.0. The van der Waals surface area contributed by atoms with E-state index in [0.717, 1.165) is 17.1 Å². The van der Waals surface area contributed by atoms with E-state index in [2.05, 4.69) is 257 Å². The van der Waals surface area contributed by atoms with Crippen LogP contribution in [-0.4, -0.2) is 0 Å². The van der Waals surface area contributed by atoms with Crippen molar-refractivity contribution >= 4 is 27.8 Å². The van der Waals surface area contributed by atoms with Gasteiger partial charge in [0.2, 0.25) is 0 Å². The Balaban J connectivity index is 0.900. The van der Waals surface area contributed by atoms with Crippen molar-refractivity contribution in [1.82, 2.24) is 0 Å². The van der Waals surface area contributed by atoms with Crippen LogP contribution in [0.1, 0.15) is 49.9 Å². The fraction of sp³-hybridized carbons (Fsp3) is 0.0938. The molecule has 310 valence electrons. The molecule has 0 fully saturated rings. The van der Waals surface area contributed by atoms with Crippen LogP contribution < -0.4 is 4.90 Å². The first-order valence-electron chi connectivity index (χ1n) is 22.9. The lowest BCUT2D eigenvalue weighted by molar-refractivity contribution is 0.660. The highest BCUT2D eigenvalue weighted by molar-refractivity contribution is 5.97. The molecule has 1 heteroatoms. The number of benzene rings is 10. The minimum absolute atomic E-state index is 0.0464. The number of fused-ring (bicyclic) bond motifs is 7. The SMILES string of the molecule is CC1(C)c2ccccc2-c2ccc(-c3ccc(N(c4ccc(-c5cccc(-c6cccc7ccccc67)c5)cc4)c4ccc(-c5ccc6c(c5)C(C)(C)c5ccccc5-6)cc4)cc3)cc21. The Morgan fingerprint density at radius 3 is 1.15 bits per heavy atom. The molecule has 2 aliphatic carbocycles. The molecule has 0 aromatic heterocycles. The Hall–Kier alpha value is -7.74. The molecule has 0 atom stereocenters. The van der Waals surface area contributed by atoms with Gasteiger partial charge in [0.25, 0.3) is 0 Å². The van der Waals surface area contributed by atoms with Gasteiger partial charge >= 0.3 is 0 Å². The van der Waals surface area contributed by atoms with E-state index >= 15 is 0 Å². The van der Waals surface area contributed by atoms with Gasteiger partial charge in [-0.15, -0.1) is 0 Å². The number of anilines is 3. The zero-order chi connectivity index (χ0) is 43.9. The Morgan fingerprint density at radius 2 is 0.631 bits per heavy atom. The molecule has 0 N–H and O–H groups in total. The van der Waals surface area contributed by atoms with E-state index in [4.69, 9.17) is 0 Å². The molecule has 0 saturated carbocycles. The normalized spacial score (nSPS) is 13.8. The second-order valence-electron chi connectivity index (χ2n) is 18.9. The average molecular weight is 832 g/mol. The van der Waals surface area contributed by atoms with E-state index in [1.807, 2.05) is 0 Å². The summed E-state index contributed by atoms with van der Waals surface area (Å²) in [7, 11) is 0. The van der Waals surface area contributed by atoms with E-state index in [1.54, 1.807) is 0 Å². The smallest absolute Gasteiger partial charge is 0.0462 e. The van der Waals surface area contributed by atoms with Gasteiger partial charge in [0.05, 0.1) is 0 Å². The predicted molar refractivity (Wildman–Crippen MR) is 276 cm³/mol. The second kappa shape index (κ2) is 14.9. The van der Waals surface area contributed by atoms with Gasteiger partial charge in [-0.1, -0.05) is 198 Å². The van der Waals surface area contributed by atoms with Crippen molar-refractivity contribution < 1.29 is 0 Å². The van der Waals surface area contributed by atoms with Crippen LogP contribution in [0.5, 0.6) is 0 Å². The summed E-state index contributed by atoms with van der Waals surface area (Å²) < 4.78 is 0. The predicted octanol–water partition coefficient (Wildman–Crippen LogP) is 17.6. The molecule has 10 aromatic rings. The molecule has 10 aromatic carbocycles. The molecule has 65 heavy (non-hydrogen) atoms. The monoisotopic (exact) mass is 831 g/mol. The Labute approximate surface area is 383 Å². The van der Waals surface area contributed by atoms with Crippen LogP contribution in [0.25, 0.3) is 77.5 Å². The number of rotatable bonds is 7. The summed E-state index contributed by atoms with van der Waals surface area (Å²) in [6.07, 6.45) is 0. The Bertz CT molecular complexity index is 3300. The van der Waals surface area contributed by atoms with E-state index in [0.29, 0.717) is 0 Å². The summed E-state index contributed by atoms with van der Waals surface area (Å²) in [6, 6.07) is 83.2. The third-order valence-corrected chi connectivity index (χ3v) is 14.5. The van der Waals surface area contributed by atoms with Crippen molar-refractivity contribution in [2.75, 3.05) is 4.90 Å². The number of hydrogen-bond donors (Lipinski definition) is 0. The maximum atomic E-state index is 2.41. The maximum Gasteiger partial charge on any atom is 0.0462 e. The van der Waals surface area contributed by atoms with Crippen LogP contribution in [0.4, 0.5) is 17.1 Å². The molecular weight excluding hydrogens is 783 g/mol. The number of hydrogen-bond acceptors (Lipinski definition) is 1.